The second-order valence-electron chi connectivity index (χ2n) is 8.14. The van der Waals surface area contributed by atoms with Crippen molar-refractivity contribution >= 4 is 63.8 Å². The minimum Gasteiger partial charge on any atom is -0.454 e. The normalized spacial score (nSPS) is 15.8. The molecular weight excluding hydrogens is 525 g/mol. The number of nitrogens with one attached hydrogen (secondary N) is 1. The van der Waals surface area contributed by atoms with E-state index in [2.05, 4.69) is 5.32 Å². The maximum absolute atomic E-state index is 13.0. The maximum Gasteiger partial charge on any atom is 0.294 e. The number of fused-ring (bicyclic) bond motifs is 1. The van der Waals surface area contributed by atoms with Crippen LogP contribution in [0.2, 0.25) is 10.0 Å². The molecule has 184 valence electrons. The van der Waals surface area contributed by atoms with Gasteiger partial charge in [-0.3, -0.25) is 19.3 Å². The average molecular weight is 544 g/mol. The van der Waals surface area contributed by atoms with Crippen LogP contribution in [-0.2, 0) is 9.59 Å². The molecule has 1 aromatic heterocycles. The van der Waals surface area contributed by atoms with E-state index in [9.17, 15) is 14.4 Å². The number of hydrogen-bond acceptors (Lipinski definition) is 6. The number of hydrogen-bond donors (Lipinski definition) is 1. The third kappa shape index (κ3) is 4.57. The van der Waals surface area contributed by atoms with Crippen LogP contribution in [0, 0.1) is 13.8 Å². The Balaban J connectivity index is 1.32. The standard InChI is InChI=1S/C25H19Cl2N3O5S/c1-13-7-15(14(2)30(13)17-4-5-18(26)19(27)10-17)8-22-24(32)29(25(33)36-22)11-23(31)28-16-3-6-20-21(9-16)35-12-34-20/h3-10H,11-12H2,1-2H3,(H,28,31)/b22-8-. The van der Waals surface area contributed by atoms with Gasteiger partial charge in [-0.05, 0) is 73.6 Å². The monoisotopic (exact) mass is 543 g/mol. The summed E-state index contributed by atoms with van der Waals surface area (Å²) >= 11 is 13.0. The zero-order valence-corrected chi connectivity index (χ0v) is 21.5. The van der Waals surface area contributed by atoms with Crippen LogP contribution in [0.4, 0.5) is 10.5 Å². The zero-order chi connectivity index (χ0) is 25.6. The van der Waals surface area contributed by atoms with Gasteiger partial charge in [0.2, 0.25) is 12.7 Å². The summed E-state index contributed by atoms with van der Waals surface area (Å²) in [5.41, 5.74) is 3.85. The fourth-order valence-corrected chi connectivity index (χ4v) is 5.17. The van der Waals surface area contributed by atoms with Crippen molar-refractivity contribution in [2.45, 2.75) is 13.8 Å². The summed E-state index contributed by atoms with van der Waals surface area (Å²) in [4.78, 5) is 39.3. The van der Waals surface area contributed by atoms with Gasteiger partial charge in [0.05, 0.1) is 15.0 Å². The Morgan fingerprint density at radius 1 is 1.06 bits per heavy atom. The lowest BCUT2D eigenvalue weighted by atomic mass is 10.2. The van der Waals surface area contributed by atoms with Crippen LogP contribution >= 0.6 is 35.0 Å². The van der Waals surface area contributed by atoms with Crippen LogP contribution in [-0.4, -0.2) is 39.9 Å². The second kappa shape index (κ2) is 9.57. The number of ether oxygens (including phenoxy) is 2. The molecule has 3 amide bonds. The smallest absolute Gasteiger partial charge is 0.294 e. The number of imide groups is 1. The van der Waals surface area contributed by atoms with Gasteiger partial charge in [0.15, 0.2) is 11.5 Å². The van der Waals surface area contributed by atoms with Gasteiger partial charge in [-0.2, -0.15) is 0 Å². The number of halogens is 2. The zero-order valence-electron chi connectivity index (χ0n) is 19.1. The fraction of sp³-hybridized carbons (Fsp3) is 0.160. The summed E-state index contributed by atoms with van der Waals surface area (Å²) in [5, 5.41) is 3.06. The van der Waals surface area contributed by atoms with Crippen molar-refractivity contribution in [2.24, 2.45) is 0 Å². The average Bonchev–Trinajstić information content (AvgIpc) is 3.48. The second-order valence-corrected chi connectivity index (χ2v) is 9.95. The van der Waals surface area contributed by atoms with E-state index in [0.717, 1.165) is 39.3 Å². The molecule has 1 saturated heterocycles. The summed E-state index contributed by atoms with van der Waals surface area (Å²) < 4.78 is 12.5. The van der Waals surface area contributed by atoms with Crippen molar-refractivity contribution in [3.8, 4) is 17.2 Å². The highest BCUT2D eigenvalue weighted by Gasteiger charge is 2.36. The number of nitrogens with zero attached hydrogens (tertiary/aromatic N) is 2. The number of thioether (sulfide) groups is 1. The van der Waals surface area contributed by atoms with Crippen LogP contribution in [0.25, 0.3) is 11.8 Å². The predicted molar refractivity (Wildman–Crippen MR) is 139 cm³/mol. The lowest BCUT2D eigenvalue weighted by molar-refractivity contribution is -0.127. The molecule has 5 rings (SSSR count). The predicted octanol–water partition coefficient (Wildman–Crippen LogP) is 5.80. The molecule has 2 aliphatic rings. The van der Waals surface area contributed by atoms with E-state index in [1.165, 1.54) is 0 Å². The first kappa shape index (κ1) is 24.3. The molecular formula is C25H19Cl2N3O5S. The Morgan fingerprint density at radius 2 is 1.83 bits per heavy atom. The minimum absolute atomic E-state index is 0.117. The Morgan fingerprint density at radius 3 is 2.61 bits per heavy atom. The molecule has 0 radical (unpaired) electrons. The molecule has 3 aromatic rings. The number of anilines is 1. The van der Waals surface area contributed by atoms with Crippen molar-refractivity contribution in [2.75, 3.05) is 18.7 Å². The first-order valence-electron chi connectivity index (χ1n) is 10.8. The summed E-state index contributed by atoms with van der Waals surface area (Å²) in [6.45, 7) is 3.55. The van der Waals surface area contributed by atoms with Gasteiger partial charge in [0, 0.05) is 28.8 Å². The Bertz CT molecular complexity index is 1470. The third-order valence-electron chi connectivity index (χ3n) is 5.75. The maximum atomic E-state index is 13.0. The molecule has 3 heterocycles. The largest absolute Gasteiger partial charge is 0.454 e. The van der Waals surface area contributed by atoms with Crippen LogP contribution in [0.5, 0.6) is 11.5 Å². The minimum atomic E-state index is -0.523. The fourth-order valence-electron chi connectivity index (χ4n) is 4.05. The molecule has 0 spiro atoms. The number of carbonyl (C=O) groups is 3. The number of aryl methyl sites for hydroxylation is 1. The van der Waals surface area contributed by atoms with Crippen molar-refractivity contribution < 1.29 is 23.9 Å². The SMILES string of the molecule is Cc1cc(/C=C2\SC(=O)N(CC(=O)Nc3ccc4c(c3)OCO4)C2=O)c(C)n1-c1ccc(Cl)c(Cl)c1. The van der Waals surface area contributed by atoms with E-state index in [1.807, 2.05) is 30.5 Å². The van der Waals surface area contributed by atoms with E-state index in [-0.39, 0.29) is 11.7 Å². The lowest BCUT2D eigenvalue weighted by Gasteiger charge is -2.12. The highest BCUT2D eigenvalue weighted by Crippen LogP contribution is 2.36. The molecule has 1 N–H and O–H groups in total. The van der Waals surface area contributed by atoms with E-state index < -0.39 is 23.6 Å². The van der Waals surface area contributed by atoms with Crippen molar-refractivity contribution in [1.29, 1.82) is 0 Å². The summed E-state index contributed by atoms with van der Waals surface area (Å²) in [6.07, 6.45) is 1.66. The quantitative estimate of drug-likeness (QED) is 0.408. The first-order chi connectivity index (χ1) is 17.2. The number of carbonyl (C=O) groups excluding carboxylic acids is 3. The van der Waals surface area contributed by atoms with E-state index >= 15 is 0 Å². The van der Waals surface area contributed by atoms with E-state index in [0.29, 0.717) is 27.2 Å². The summed E-state index contributed by atoms with van der Waals surface area (Å²) in [6, 6.07) is 12.2. The third-order valence-corrected chi connectivity index (χ3v) is 7.40. The molecule has 0 aliphatic carbocycles. The molecule has 0 bridgehead atoms. The topological polar surface area (TPSA) is 89.9 Å². The Labute approximate surface area is 220 Å². The molecule has 0 unspecified atom stereocenters. The molecule has 8 nitrogen and oxygen atoms in total. The highest BCUT2D eigenvalue weighted by atomic mass is 35.5. The van der Waals surface area contributed by atoms with Gasteiger partial charge < -0.3 is 19.4 Å². The van der Waals surface area contributed by atoms with Crippen molar-refractivity contribution in [3.63, 3.8) is 0 Å². The van der Waals surface area contributed by atoms with Gasteiger partial charge in [-0.25, -0.2) is 0 Å². The van der Waals surface area contributed by atoms with Gasteiger partial charge in [0.1, 0.15) is 6.54 Å². The van der Waals surface area contributed by atoms with Crippen LogP contribution in [0.15, 0.2) is 47.4 Å². The van der Waals surface area contributed by atoms with E-state index in [1.54, 1.807) is 36.4 Å². The van der Waals surface area contributed by atoms with Gasteiger partial charge >= 0.3 is 0 Å². The van der Waals surface area contributed by atoms with Crippen molar-refractivity contribution in [1.82, 2.24) is 9.47 Å². The Hall–Kier alpha value is -3.40. The molecule has 0 saturated carbocycles. The first-order valence-corrected chi connectivity index (χ1v) is 12.4. The molecule has 1 fully saturated rings. The molecule has 0 atom stereocenters. The van der Waals surface area contributed by atoms with Crippen LogP contribution in [0.1, 0.15) is 17.0 Å². The van der Waals surface area contributed by atoms with Gasteiger partial charge in [-0.1, -0.05) is 23.2 Å². The Kier molecular flexibility index (Phi) is 6.46. The van der Waals surface area contributed by atoms with Crippen LogP contribution < -0.4 is 14.8 Å². The summed E-state index contributed by atoms with van der Waals surface area (Å²) in [7, 11) is 0. The number of rotatable bonds is 5. The molecule has 11 heteroatoms. The van der Waals surface area contributed by atoms with Gasteiger partial charge in [0.25, 0.3) is 11.1 Å². The molecule has 36 heavy (non-hydrogen) atoms. The number of aromatic nitrogens is 1. The van der Waals surface area contributed by atoms with Gasteiger partial charge in [-0.15, -0.1) is 0 Å². The van der Waals surface area contributed by atoms with Crippen LogP contribution in [0.3, 0.4) is 0 Å². The van der Waals surface area contributed by atoms with Crippen molar-refractivity contribution in [3.05, 3.63) is 74.4 Å². The molecule has 2 aromatic carbocycles. The molecule has 2 aliphatic heterocycles. The highest BCUT2D eigenvalue weighted by molar-refractivity contribution is 8.18. The number of amides is 3. The summed E-state index contributed by atoms with van der Waals surface area (Å²) in [5.74, 6) is 0.0726. The number of benzene rings is 2. The van der Waals surface area contributed by atoms with E-state index in [4.69, 9.17) is 32.7 Å². The lowest BCUT2D eigenvalue weighted by Crippen LogP contribution is -2.36.